The van der Waals surface area contributed by atoms with E-state index in [0.29, 0.717) is 6.42 Å². The number of rotatable bonds is 6. The molecule has 0 radical (unpaired) electrons. The van der Waals surface area contributed by atoms with E-state index in [1.165, 1.54) is 5.56 Å². The number of anilines is 1. The third kappa shape index (κ3) is 3.31. The first-order valence-corrected chi connectivity index (χ1v) is 5.93. The fraction of sp³-hybridized carbons (Fsp3) is 0.385. The molecular formula is C13H17N3O. The van der Waals surface area contributed by atoms with Crippen molar-refractivity contribution in [2.45, 2.75) is 12.8 Å². The van der Waals surface area contributed by atoms with Crippen LogP contribution >= 0.6 is 0 Å². The lowest BCUT2D eigenvalue weighted by Crippen LogP contribution is -2.26. The summed E-state index contributed by atoms with van der Waals surface area (Å²) in [5, 5.41) is 6.58. The van der Waals surface area contributed by atoms with Crippen molar-refractivity contribution in [2.75, 3.05) is 25.0 Å². The van der Waals surface area contributed by atoms with Crippen molar-refractivity contribution in [3.8, 4) is 0 Å². The molecule has 0 amide bonds. The van der Waals surface area contributed by atoms with Crippen molar-refractivity contribution in [2.24, 2.45) is 4.99 Å². The second-order valence-corrected chi connectivity index (χ2v) is 3.97. The van der Waals surface area contributed by atoms with E-state index in [0.717, 1.165) is 43.9 Å². The zero-order chi connectivity index (χ0) is 11.9. The number of carbonyl (C=O) groups excluding carboxylic acids is 1. The van der Waals surface area contributed by atoms with Crippen LogP contribution < -0.4 is 10.6 Å². The van der Waals surface area contributed by atoms with Crippen molar-refractivity contribution in [1.82, 2.24) is 5.32 Å². The van der Waals surface area contributed by atoms with E-state index in [4.69, 9.17) is 0 Å². The van der Waals surface area contributed by atoms with Gasteiger partial charge < -0.3 is 15.4 Å². The summed E-state index contributed by atoms with van der Waals surface area (Å²) >= 11 is 0. The van der Waals surface area contributed by atoms with E-state index in [1.54, 1.807) is 0 Å². The monoisotopic (exact) mass is 231 g/mol. The maximum Gasteiger partial charge on any atom is 0.120 e. The number of benzene rings is 1. The van der Waals surface area contributed by atoms with E-state index in [-0.39, 0.29) is 0 Å². The van der Waals surface area contributed by atoms with Crippen molar-refractivity contribution < 1.29 is 4.79 Å². The molecular weight excluding hydrogens is 214 g/mol. The van der Waals surface area contributed by atoms with Crippen molar-refractivity contribution in [1.29, 1.82) is 0 Å². The average molecular weight is 231 g/mol. The smallest absolute Gasteiger partial charge is 0.120 e. The Balaban J connectivity index is 1.96. The topological polar surface area (TPSA) is 53.5 Å². The van der Waals surface area contributed by atoms with Gasteiger partial charge in [0.05, 0.1) is 13.1 Å². The van der Waals surface area contributed by atoms with E-state index in [9.17, 15) is 4.79 Å². The van der Waals surface area contributed by atoms with Gasteiger partial charge in [0.25, 0.3) is 0 Å². The van der Waals surface area contributed by atoms with Crippen LogP contribution in [0.15, 0.2) is 29.3 Å². The molecule has 0 atom stereocenters. The van der Waals surface area contributed by atoms with Crippen LogP contribution in [0.3, 0.4) is 0 Å². The van der Waals surface area contributed by atoms with Crippen LogP contribution in [0.25, 0.3) is 0 Å². The molecule has 1 aromatic rings. The molecule has 4 heteroatoms. The molecule has 2 N–H and O–H groups in total. The van der Waals surface area contributed by atoms with Gasteiger partial charge in [-0.2, -0.15) is 0 Å². The third-order valence-electron chi connectivity index (χ3n) is 2.74. The number of aldehydes is 1. The van der Waals surface area contributed by atoms with Crippen molar-refractivity contribution in [3.63, 3.8) is 0 Å². The summed E-state index contributed by atoms with van der Waals surface area (Å²) in [5.41, 5.74) is 2.27. The summed E-state index contributed by atoms with van der Waals surface area (Å²) in [7, 11) is 0. The highest BCUT2D eigenvalue weighted by atomic mass is 16.1. The standard InChI is InChI=1S/C13H17N3O/c17-9-3-5-11-4-1-2-6-12(11)16-10-13-14-7-8-15-13/h1-2,4,6,9,16H,3,5,7-8,10H2,(H,14,15). The molecule has 0 spiro atoms. The molecule has 0 aliphatic carbocycles. The molecule has 1 aliphatic rings. The zero-order valence-electron chi connectivity index (χ0n) is 9.78. The minimum atomic E-state index is 0.567. The number of para-hydroxylation sites is 1. The number of nitrogens with zero attached hydrogens (tertiary/aromatic N) is 1. The predicted molar refractivity (Wildman–Crippen MR) is 69.6 cm³/mol. The molecule has 2 rings (SSSR count). The molecule has 4 nitrogen and oxygen atoms in total. The van der Waals surface area contributed by atoms with Gasteiger partial charge in [-0.3, -0.25) is 4.99 Å². The first kappa shape index (κ1) is 11.6. The van der Waals surface area contributed by atoms with Gasteiger partial charge in [0.2, 0.25) is 0 Å². The van der Waals surface area contributed by atoms with Gasteiger partial charge in [0.15, 0.2) is 0 Å². The third-order valence-corrected chi connectivity index (χ3v) is 2.74. The minimum Gasteiger partial charge on any atom is -0.378 e. The molecule has 0 saturated carbocycles. The number of aliphatic imine (C=N–C) groups is 1. The van der Waals surface area contributed by atoms with Crippen LogP contribution in [0.5, 0.6) is 0 Å². The largest absolute Gasteiger partial charge is 0.378 e. The van der Waals surface area contributed by atoms with Crippen LogP contribution in [0.2, 0.25) is 0 Å². The summed E-state index contributed by atoms with van der Waals surface area (Å²) in [5.74, 6) is 1.01. The summed E-state index contributed by atoms with van der Waals surface area (Å²) in [6, 6.07) is 8.08. The number of hydrogen-bond donors (Lipinski definition) is 2. The quantitative estimate of drug-likeness (QED) is 0.724. The molecule has 17 heavy (non-hydrogen) atoms. The number of carbonyl (C=O) groups is 1. The Hall–Kier alpha value is -1.84. The molecule has 0 saturated heterocycles. The van der Waals surface area contributed by atoms with Crippen LogP contribution in [-0.2, 0) is 11.2 Å². The maximum absolute atomic E-state index is 10.4. The molecule has 0 aromatic heterocycles. The van der Waals surface area contributed by atoms with Gasteiger partial charge in [0.1, 0.15) is 12.1 Å². The molecule has 0 fully saturated rings. The van der Waals surface area contributed by atoms with Crippen molar-refractivity contribution in [3.05, 3.63) is 29.8 Å². The second kappa shape index (κ2) is 6.03. The predicted octanol–water partition coefficient (Wildman–Crippen LogP) is 1.23. The molecule has 90 valence electrons. The minimum absolute atomic E-state index is 0.567. The number of amidine groups is 1. The van der Waals surface area contributed by atoms with Crippen LogP contribution in [0, 0.1) is 0 Å². The van der Waals surface area contributed by atoms with Crippen LogP contribution in [0.1, 0.15) is 12.0 Å². The lowest BCUT2D eigenvalue weighted by molar-refractivity contribution is -0.107. The highest BCUT2D eigenvalue weighted by Gasteiger charge is 2.06. The van der Waals surface area contributed by atoms with E-state index < -0.39 is 0 Å². The Labute approximate surface area is 101 Å². The van der Waals surface area contributed by atoms with Crippen LogP contribution in [0.4, 0.5) is 5.69 Å². The van der Waals surface area contributed by atoms with Gasteiger partial charge in [-0.25, -0.2) is 0 Å². The lowest BCUT2D eigenvalue weighted by Gasteiger charge is -2.11. The Morgan fingerprint density at radius 1 is 1.41 bits per heavy atom. The molecule has 1 heterocycles. The van der Waals surface area contributed by atoms with Gasteiger partial charge in [0, 0.05) is 18.7 Å². The lowest BCUT2D eigenvalue weighted by atomic mass is 10.1. The first-order valence-electron chi connectivity index (χ1n) is 5.93. The summed E-state index contributed by atoms with van der Waals surface area (Å²) in [6.07, 6.45) is 2.31. The summed E-state index contributed by atoms with van der Waals surface area (Å²) in [4.78, 5) is 14.7. The van der Waals surface area contributed by atoms with Gasteiger partial charge in [-0.05, 0) is 18.1 Å². The fourth-order valence-electron chi connectivity index (χ4n) is 1.87. The maximum atomic E-state index is 10.4. The normalized spacial score (nSPS) is 14.0. The molecule has 0 unspecified atom stereocenters. The Morgan fingerprint density at radius 2 is 2.29 bits per heavy atom. The molecule has 1 aliphatic heterocycles. The zero-order valence-corrected chi connectivity index (χ0v) is 9.78. The highest BCUT2D eigenvalue weighted by molar-refractivity contribution is 5.87. The number of aryl methyl sites for hydroxylation is 1. The van der Waals surface area contributed by atoms with Gasteiger partial charge in [-0.15, -0.1) is 0 Å². The second-order valence-electron chi connectivity index (χ2n) is 3.97. The average Bonchev–Trinajstić information content (AvgIpc) is 2.88. The summed E-state index contributed by atoms with van der Waals surface area (Å²) in [6.45, 7) is 2.52. The molecule has 0 bridgehead atoms. The van der Waals surface area contributed by atoms with Gasteiger partial charge in [-0.1, -0.05) is 18.2 Å². The Bertz CT molecular complexity index is 415. The fourth-order valence-corrected chi connectivity index (χ4v) is 1.87. The Morgan fingerprint density at radius 3 is 3.06 bits per heavy atom. The van der Waals surface area contributed by atoms with Gasteiger partial charge >= 0.3 is 0 Å². The SMILES string of the molecule is O=CCCc1ccccc1NCC1=NCCN1. The first-order chi connectivity index (χ1) is 8.40. The summed E-state index contributed by atoms with van der Waals surface area (Å²) < 4.78 is 0. The van der Waals surface area contributed by atoms with Crippen molar-refractivity contribution >= 4 is 17.8 Å². The number of hydrogen-bond acceptors (Lipinski definition) is 4. The highest BCUT2D eigenvalue weighted by Crippen LogP contribution is 2.16. The molecule has 1 aromatic carbocycles. The Kier molecular flexibility index (Phi) is 4.13. The van der Waals surface area contributed by atoms with E-state index >= 15 is 0 Å². The number of nitrogens with one attached hydrogen (secondary N) is 2. The van der Waals surface area contributed by atoms with Crippen LogP contribution in [-0.4, -0.2) is 31.8 Å². The van der Waals surface area contributed by atoms with E-state index in [1.807, 2.05) is 18.2 Å². The van der Waals surface area contributed by atoms with E-state index in [2.05, 4.69) is 21.7 Å².